The second kappa shape index (κ2) is 5.63. The Balaban J connectivity index is 3.24. The Labute approximate surface area is 116 Å². The van der Waals surface area contributed by atoms with Crippen molar-refractivity contribution in [2.24, 2.45) is 4.15 Å². The Hall–Kier alpha value is -1.04. The third-order valence-corrected chi connectivity index (χ3v) is 6.78. The van der Waals surface area contributed by atoms with Crippen LogP contribution >= 0.6 is 7.83 Å². The van der Waals surface area contributed by atoms with Gasteiger partial charge in [-0.1, -0.05) is 22.3 Å². The molecule has 0 unspecified atom stereocenters. The van der Waals surface area contributed by atoms with Gasteiger partial charge >= 0.3 is 23.4 Å². The van der Waals surface area contributed by atoms with E-state index in [9.17, 15) is 38.4 Å². The first-order valence-corrected chi connectivity index (χ1v) is 9.15. The standard InChI is InChI=1S/C7H6F5N2O4PS2/c8-7(9,10)21(17,18)14-19(11,12)13-20(15,16)6-4-2-1-3-5-6/h1-5,13H. The summed E-state index contributed by atoms with van der Waals surface area (Å²) in [5, 5.41) is 0. The zero-order valence-corrected chi connectivity index (χ0v) is 12.1. The van der Waals surface area contributed by atoms with Crippen LogP contribution in [-0.2, 0) is 20.0 Å². The van der Waals surface area contributed by atoms with Gasteiger partial charge in [0.2, 0.25) is 10.0 Å². The zero-order chi connectivity index (χ0) is 16.5. The summed E-state index contributed by atoms with van der Waals surface area (Å²) in [4.78, 5) is -0.677. The number of sulfonamides is 2. The number of hydrogen-bond acceptors (Lipinski definition) is 4. The summed E-state index contributed by atoms with van der Waals surface area (Å²) < 4.78 is 108. The fraction of sp³-hybridized carbons (Fsp3) is 0.143. The van der Waals surface area contributed by atoms with Crippen molar-refractivity contribution in [3.05, 3.63) is 30.3 Å². The van der Waals surface area contributed by atoms with Crippen molar-refractivity contribution in [1.82, 2.24) is 4.49 Å². The van der Waals surface area contributed by atoms with E-state index in [0.717, 1.165) is 12.1 Å². The Morgan fingerprint density at radius 1 is 1.00 bits per heavy atom. The van der Waals surface area contributed by atoms with Gasteiger partial charge in [-0.05, 0) is 12.1 Å². The first-order valence-electron chi connectivity index (χ1n) is 4.70. The summed E-state index contributed by atoms with van der Waals surface area (Å²) in [5.41, 5.74) is -6.05. The third kappa shape index (κ3) is 4.73. The number of alkyl halides is 3. The molecule has 0 aliphatic rings. The monoisotopic (exact) mass is 372 g/mol. The summed E-state index contributed by atoms with van der Waals surface area (Å²) >= 11 is 0. The smallest absolute Gasteiger partial charge is 0.207 e. The number of nitrogens with one attached hydrogen (secondary N) is 1. The summed E-state index contributed by atoms with van der Waals surface area (Å²) in [5.74, 6) is 0. The van der Waals surface area contributed by atoms with Crippen molar-refractivity contribution in [2.75, 3.05) is 0 Å². The van der Waals surface area contributed by atoms with Gasteiger partial charge in [0.1, 0.15) is 0 Å². The number of hydrogen-bond donors (Lipinski definition) is 1. The van der Waals surface area contributed by atoms with Crippen LogP contribution in [0.2, 0.25) is 0 Å². The summed E-state index contributed by atoms with van der Waals surface area (Å²) in [6, 6.07) is 5.50. The second-order valence-corrected chi connectivity index (χ2v) is 8.64. The molecule has 0 heterocycles. The summed E-state index contributed by atoms with van der Waals surface area (Å²) in [7, 11) is -17.9. The number of nitrogens with zero attached hydrogens (tertiary/aromatic N) is 1. The van der Waals surface area contributed by atoms with Crippen LogP contribution in [0.3, 0.4) is 0 Å². The van der Waals surface area contributed by atoms with E-state index in [1.807, 2.05) is 0 Å². The molecule has 0 amide bonds. The molecule has 0 aliphatic carbocycles. The van der Waals surface area contributed by atoms with Gasteiger partial charge in [-0.2, -0.15) is 30.0 Å². The lowest BCUT2D eigenvalue weighted by Gasteiger charge is -2.10. The maximum absolute atomic E-state index is 13.2. The maximum Gasteiger partial charge on any atom is 0.518 e. The molecule has 0 bridgehead atoms. The van der Waals surface area contributed by atoms with Crippen molar-refractivity contribution >= 4 is 27.9 Å². The topological polar surface area (TPSA) is 92.7 Å². The van der Waals surface area contributed by atoms with Gasteiger partial charge in [-0.15, -0.1) is 4.49 Å². The van der Waals surface area contributed by atoms with Crippen molar-refractivity contribution in [3.8, 4) is 0 Å². The molecule has 0 saturated carbocycles. The molecule has 120 valence electrons. The quantitative estimate of drug-likeness (QED) is 0.650. The molecule has 1 N–H and O–H groups in total. The molecule has 21 heavy (non-hydrogen) atoms. The van der Waals surface area contributed by atoms with E-state index in [4.69, 9.17) is 0 Å². The van der Waals surface area contributed by atoms with Gasteiger partial charge in [0, 0.05) is 0 Å². The van der Waals surface area contributed by atoms with Crippen molar-refractivity contribution in [2.45, 2.75) is 10.4 Å². The van der Waals surface area contributed by atoms with Crippen molar-refractivity contribution in [3.63, 3.8) is 0 Å². The highest BCUT2D eigenvalue weighted by Crippen LogP contribution is 2.52. The minimum atomic E-state index is -6.51. The molecule has 1 aromatic rings. The maximum atomic E-state index is 13.2. The molecule has 0 saturated heterocycles. The van der Waals surface area contributed by atoms with Gasteiger partial charge < -0.3 is 0 Å². The van der Waals surface area contributed by atoms with Gasteiger partial charge in [0.05, 0.1) is 4.90 Å². The van der Waals surface area contributed by atoms with Gasteiger partial charge in [-0.3, -0.25) is 0 Å². The Kier molecular flexibility index (Phi) is 4.83. The molecular formula is C7H6F5N2O4PS2. The Bertz CT molecular complexity index is 769. The Morgan fingerprint density at radius 3 is 1.90 bits per heavy atom. The van der Waals surface area contributed by atoms with Crippen LogP contribution in [0, 0.1) is 0 Å². The van der Waals surface area contributed by atoms with Gasteiger partial charge in [0.25, 0.3) is 0 Å². The SMILES string of the molecule is O=S(=O)(NP(F)(F)=NS(=O)(=O)C(F)(F)F)c1ccccc1. The minimum absolute atomic E-state index is 0.581. The molecule has 0 aromatic heterocycles. The fourth-order valence-corrected chi connectivity index (χ4v) is 4.97. The molecule has 0 radical (unpaired) electrons. The number of halogens is 5. The summed E-state index contributed by atoms with van der Waals surface area (Å²) in [6.07, 6.45) is 0. The molecule has 6 nitrogen and oxygen atoms in total. The minimum Gasteiger partial charge on any atom is -0.207 e. The molecule has 1 rings (SSSR count). The first-order chi connectivity index (χ1) is 9.27. The predicted molar refractivity (Wildman–Crippen MR) is 63.3 cm³/mol. The first kappa shape index (κ1) is 18.0. The van der Waals surface area contributed by atoms with Crippen molar-refractivity contribution < 1.29 is 38.4 Å². The van der Waals surface area contributed by atoms with E-state index in [1.165, 1.54) is 22.3 Å². The molecule has 14 heteroatoms. The Morgan fingerprint density at radius 2 is 1.48 bits per heavy atom. The lowest BCUT2D eigenvalue weighted by Crippen LogP contribution is -2.23. The lowest BCUT2D eigenvalue weighted by atomic mass is 10.4. The van der Waals surface area contributed by atoms with Gasteiger partial charge in [-0.25, -0.2) is 8.42 Å². The molecule has 1 aromatic carbocycles. The van der Waals surface area contributed by atoms with E-state index in [-0.39, 0.29) is 0 Å². The molecule has 0 atom stereocenters. The van der Waals surface area contributed by atoms with Crippen molar-refractivity contribution in [1.29, 1.82) is 0 Å². The predicted octanol–water partition coefficient (Wildman–Crippen LogP) is 2.70. The molecule has 0 fully saturated rings. The number of benzene rings is 1. The van der Waals surface area contributed by atoms with Crippen LogP contribution in [0.25, 0.3) is 0 Å². The summed E-state index contributed by atoms with van der Waals surface area (Å²) in [6.45, 7) is 0. The molecule has 0 spiro atoms. The lowest BCUT2D eigenvalue weighted by molar-refractivity contribution is -0.0435. The van der Waals surface area contributed by atoms with Crippen LogP contribution in [0.15, 0.2) is 39.4 Å². The average molecular weight is 372 g/mol. The highest BCUT2D eigenvalue weighted by atomic mass is 32.2. The van der Waals surface area contributed by atoms with E-state index >= 15 is 0 Å². The van der Waals surface area contributed by atoms with Crippen LogP contribution in [0.4, 0.5) is 21.6 Å². The van der Waals surface area contributed by atoms with E-state index < -0.39 is 38.3 Å². The van der Waals surface area contributed by atoms with Crippen LogP contribution in [0.5, 0.6) is 0 Å². The van der Waals surface area contributed by atoms with Crippen LogP contribution < -0.4 is 4.49 Å². The molecule has 0 aliphatic heterocycles. The zero-order valence-electron chi connectivity index (χ0n) is 9.62. The fourth-order valence-electron chi connectivity index (χ4n) is 0.995. The van der Waals surface area contributed by atoms with Gasteiger partial charge in [0.15, 0.2) is 0 Å². The molecular weight excluding hydrogens is 366 g/mol. The van der Waals surface area contributed by atoms with E-state index in [0.29, 0.717) is 4.49 Å². The van der Waals surface area contributed by atoms with E-state index in [1.54, 1.807) is 0 Å². The second-order valence-electron chi connectivity index (χ2n) is 3.39. The third-order valence-electron chi connectivity index (χ3n) is 1.79. The highest BCUT2D eigenvalue weighted by molar-refractivity contribution is 7.98. The highest BCUT2D eigenvalue weighted by Gasteiger charge is 2.48. The number of rotatable bonds is 4. The van der Waals surface area contributed by atoms with E-state index in [2.05, 4.69) is 0 Å². The largest absolute Gasteiger partial charge is 0.518 e. The average Bonchev–Trinajstić information content (AvgIpc) is 2.25. The van der Waals surface area contributed by atoms with Crippen LogP contribution in [-0.4, -0.2) is 22.3 Å². The normalized spacial score (nSPS) is 14.0. The van der Waals surface area contributed by atoms with Crippen LogP contribution in [0.1, 0.15) is 0 Å².